The maximum absolute atomic E-state index is 12.9. The van der Waals surface area contributed by atoms with E-state index in [1.165, 1.54) is 9.80 Å². The smallest absolute Gasteiger partial charge is 0.237 e. The third-order valence-electron chi connectivity index (χ3n) is 8.67. The topological polar surface area (TPSA) is 78.0 Å². The predicted octanol–water partition coefficient (Wildman–Crippen LogP) is 4.81. The molecule has 0 spiro atoms. The number of carbonyl (C=O) groups is 4. The molecule has 2 aromatic carbocycles. The summed E-state index contributed by atoms with van der Waals surface area (Å²) in [5.41, 5.74) is 3.06. The minimum atomic E-state index is -0.162. The third kappa shape index (κ3) is 3.55. The molecule has 4 fully saturated rings. The number of anilines is 4. The molecule has 2 aromatic rings. The van der Waals surface area contributed by atoms with Crippen LogP contribution in [0.25, 0.3) is 0 Å². The number of rotatable bonds is 4. The van der Waals surface area contributed by atoms with Crippen molar-refractivity contribution in [2.24, 2.45) is 23.7 Å². The van der Waals surface area contributed by atoms with Crippen LogP contribution in [-0.2, 0) is 19.2 Å². The summed E-state index contributed by atoms with van der Waals surface area (Å²) in [4.78, 5) is 56.4. The van der Waals surface area contributed by atoms with Crippen molar-refractivity contribution < 1.29 is 19.2 Å². The Hall–Kier alpha value is -3.48. The first kappa shape index (κ1) is 23.0. The standard InChI is InChI=1S/C29H31N3O4/c1-30(18-10-14-20(15-11-18)31-26(33)22-6-2-3-7-23(22)27(31)34)19-12-16-21(17-13-19)32-28(35)24-8-4-5-9-25(24)29(32)36/h10-17,22-25H,2-9H2,1H3. The minimum Gasteiger partial charge on any atom is -0.345 e. The maximum Gasteiger partial charge on any atom is 0.237 e. The van der Waals surface area contributed by atoms with E-state index in [2.05, 4.69) is 0 Å². The Balaban J connectivity index is 1.18. The number of amides is 4. The zero-order valence-corrected chi connectivity index (χ0v) is 20.6. The molecule has 0 aromatic heterocycles. The van der Waals surface area contributed by atoms with E-state index in [4.69, 9.17) is 0 Å². The van der Waals surface area contributed by atoms with Gasteiger partial charge in [-0.15, -0.1) is 0 Å². The van der Waals surface area contributed by atoms with Gasteiger partial charge in [-0.2, -0.15) is 0 Å². The number of benzene rings is 2. The Morgan fingerprint density at radius 2 is 0.806 bits per heavy atom. The fraction of sp³-hybridized carbons (Fsp3) is 0.448. The Bertz CT molecular complexity index is 1080. The van der Waals surface area contributed by atoms with Gasteiger partial charge in [0.05, 0.1) is 35.0 Å². The highest BCUT2D eigenvalue weighted by Crippen LogP contribution is 2.42. The summed E-state index contributed by atoms with van der Waals surface area (Å²) in [6.07, 6.45) is 7.26. The molecule has 2 aliphatic heterocycles. The van der Waals surface area contributed by atoms with Crippen molar-refractivity contribution in [3.8, 4) is 0 Å². The second-order valence-electron chi connectivity index (χ2n) is 10.6. The molecular formula is C29H31N3O4. The molecule has 186 valence electrons. The lowest BCUT2D eigenvalue weighted by atomic mass is 9.81. The lowest BCUT2D eigenvalue weighted by Gasteiger charge is -2.22. The van der Waals surface area contributed by atoms with Gasteiger partial charge in [0.25, 0.3) is 0 Å². The SMILES string of the molecule is CN(c1ccc(N2C(=O)C3CCCCC3C2=O)cc1)c1ccc(N2C(=O)C3CCCCC3C2=O)cc1. The highest BCUT2D eigenvalue weighted by atomic mass is 16.2. The summed E-state index contributed by atoms with van der Waals surface area (Å²) >= 11 is 0. The molecule has 7 heteroatoms. The van der Waals surface area contributed by atoms with Crippen LogP contribution >= 0.6 is 0 Å². The van der Waals surface area contributed by atoms with Gasteiger partial charge in [-0.05, 0) is 74.2 Å². The monoisotopic (exact) mass is 485 g/mol. The van der Waals surface area contributed by atoms with Crippen LogP contribution in [0.2, 0.25) is 0 Å². The number of hydrogen-bond donors (Lipinski definition) is 0. The molecule has 0 N–H and O–H groups in total. The Kier molecular flexibility index (Phi) is 5.66. The minimum absolute atomic E-state index is 0.0627. The fourth-order valence-electron chi connectivity index (χ4n) is 6.63. The van der Waals surface area contributed by atoms with Gasteiger partial charge in [0.2, 0.25) is 23.6 Å². The predicted molar refractivity (Wildman–Crippen MR) is 137 cm³/mol. The Labute approximate surface area is 211 Å². The van der Waals surface area contributed by atoms with Gasteiger partial charge in [0.15, 0.2) is 0 Å². The molecule has 7 nitrogen and oxygen atoms in total. The van der Waals surface area contributed by atoms with Crippen LogP contribution in [0.1, 0.15) is 51.4 Å². The first-order valence-corrected chi connectivity index (χ1v) is 13.1. The van der Waals surface area contributed by atoms with Crippen LogP contribution in [0.15, 0.2) is 48.5 Å². The average molecular weight is 486 g/mol. The summed E-state index contributed by atoms with van der Waals surface area (Å²) in [5.74, 6) is -0.897. The van der Waals surface area contributed by atoms with Crippen molar-refractivity contribution in [2.45, 2.75) is 51.4 Å². The third-order valence-corrected chi connectivity index (χ3v) is 8.67. The van der Waals surface area contributed by atoms with Crippen LogP contribution in [0.4, 0.5) is 22.7 Å². The maximum atomic E-state index is 12.9. The summed E-state index contributed by atoms with van der Waals surface area (Å²) in [6.45, 7) is 0. The second kappa shape index (κ2) is 8.87. The molecule has 0 radical (unpaired) electrons. The lowest BCUT2D eigenvalue weighted by molar-refractivity contribution is -0.124. The van der Waals surface area contributed by atoms with Crippen LogP contribution in [-0.4, -0.2) is 30.7 Å². The molecule has 2 heterocycles. The molecular weight excluding hydrogens is 454 g/mol. The largest absolute Gasteiger partial charge is 0.345 e. The van der Waals surface area contributed by atoms with E-state index in [-0.39, 0.29) is 47.3 Å². The van der Waals surface area contributed by atoms with Crippen LogP contribution in [0.5, 0.6) is 0 Å². The summed E-state index contributed by atoms with van der Waals surface area (Å²) in [7, 11) is 1.94. The zero-order chi connectivity index (χ0) is 25.0. The van der Waals surface area contributed by atoms with Gasteiger partial charge < -0.3 is 4.90 Å². The normalized spacial score (nSPS) is 27.9. The number of nitrogens with zero attached hydrogens (tertiary/aromatic N) is 3. The molecule has 6 rings (SSSR count). The Morgan fingerprint density at radius 1 is 0.528 bits per heavy atom. The Morgan fingerprint density at radius 3 is 1.08 bits per heavy atom. The summed E-state index contributed by atoms with van der Waals surface area (Å²) in [5, 5.41) is 0. The fourth-order valence-corrected chi connectivity index (χ4v) is 6.63. The van der Waals surface area contributed by atoms with Gasteiger partial charge >= 0.3 is 0 Å². The van der Waals surface area contributed by atoms with Crippen molar-refractivity contribution in [3.05, 3.63) is 48.5 Å². The van der Waals surface area contributed by atoms with E-state index < -0.39 is 0 Å². The van der Waals surface area contributed by atoms with E-state index >= 15 is 0 Å². The van der Waals surface area contributed by atoms with Crippen molar-refractivity contribution in [2.75, 3.05) is 21.7 Å². The van der Waals surface area contributed by atoms with Crippen molar-refractivity contribution in [1.29, 1.82) is 0 Å². The van der Waals surface area contributed by atoms with Gasteiger partial charge in [-0.3, -0.25) is 29.0 Å². The summed E-state index contributed by atoms with van der Waals surface area (Å²) in [6, 6.07) is 14.9. The van der Waals surface area contributed by atoms with E-state index in [0.717, 1.165) is 62.7 Å². The first-order valence-electron chi connectivity index (χ1n) is 13.1. The van der Waals surface area contributed by atoms with E-state index in [1.54, 1.807) is 0 Å². The van der Waals surface area contributed by atoms with Gasteiger partial charge in [0, 0.05) is 18.4 Å². The number of imide groups is 2. The number of hydrogen-bond acceptors (Lipinski definition) is 5. The molecule has 4 unspecified atom stereocenters. The highest BCUT2D eigenvalue weighted by Gasteiger charge is 2.49. The molecule has 4 aliphatic rings. The second-order valence-corrected chi connectivity index (χ2v) is 10.6. The van der Waals surface area contributed by atoms with E-state index in [0.29, 0.717) is 11.4 Å². The van der Waals surface area contributed by atoms with E-state index in [1.807, 2.05) is 60.5 Å². The number of carbonyl (C=O) groups excluding carboxylic acids is 4. The average Bonchev–Trinajstić information content (AvgIpc) is 3.33. The molecule has 2 saturated heterocycles. The summed E-state index contributed by atoms with van der Waals surface area (Å²) < 4.78 is 0. The lowest BCUT2D eigenvalue weighted by Crippen LogP contribution is -2.30. The highest BCUT2D eigenvalue weighted by molar-refractivity contribution is 6.23. The van der Waals surface area contributed by atoms with Gasteiger partial charge in [-0.25, -0.2) is 0 Å². The van der Waals surface area contributed by atoms with Gasteiger partial charge in [-0.1, -0.05) is 25.7 Å². The number of fused-ring (bicyclic) bond motifs is 2. The van der Waals surface area contributed by atoms with Crippen LogP contribution in [0.3, 0.4) is 0 Å². The quantitative estimate of drug-likeness (QED) is 0.581. The van der Waals surface area contributed by atoms with Crippen molar-refractivity contribution >= 4 is 46.4 Å². The van der Waals surface area contributed by atoms with E-state index in [9.17, 15) is 19.2 Å². The first-order chi connectivity index (χ1) is 17.5. The molecule has 0 bridgehead atoms. The molecule has 2 saturated carbocycles. The molecule has 36 heavy (non-hydrogen) atoms. The molecule has 4 amide bonds. The van der Waals surface area contributed by atoms with Crippen LogP contribution in [0, 0.1) is 23.7 Å². The van der Waals surface area contributed by atoms with Gasteiger partial charge in [0.1, 0.15) is 0 Å². The molecule has 4 atom stereocenters. The van der Waals surface area contributed by atoms with Crippen molar-refractivity contribution in [3.63, 3.8) is 0 Å². The van der Waals surface area contributed by atoms with Crippen LogP contribution < -0.4 is 14.7 Å². The zero-order valence-electron chi connectivity index (χ0n) is 20.6. The van der Waals surface area contributed by atoms with Crippen molar-refractivity contribution in [1.82, 2.24) is 0 Å². The molecule has 2 aliphatic carbocycles.